The van der Waals surface area contributed by atoms with Crippen molar-refractivity contribution in [1.29, 1.82) is 0 Å². The number of nitrogens with zero attached hydrogens (tertiary/aromatic N) is 1. The number of H-pyrrole nitrogens is 1. The fourth-order valence-electron chi connectivity index (χ4n) is 3.26. The molecule has 0 spiro atoms. The summed E-state index contributed by atoms with van der Waals surface area (Å²) in [6, 6.07) is 9.62. The number of carbonyl (C=O) groups excluding carboxylic acids is 1. The third-order valence-electron chi connectivity index (χ3n) is 4.38. The molecule has 116 valence electrons. The fraction of sp³-hybridized carbons (Fsp3) is 0.222. The maximum Gasteiger partial charge on any atom is 0.251 e. The summed E-state index contributed by atoms with van der Waals surface area (Å²) in [5.74, 6) is 0.799. The number of hydrogen-bond donors (Lipinski definition) is 2. The standard InChI is InChI=1S/C18H17N3O2/c1-23-13-2-3-16-15(10-13)14-8-12(9-17(14)21-16)20-18(22)11-4-6-19-7-5-11/h2-7,10,12,21H,8-9H2,1H3,(H,20,22). The average molecular weight is 307 g/mol. The molecule has 1 unspecified atom stereocenters. The normalized spacial score (nSPS) is 16.3. The van der Waals surface area contributed by atoms with Crippen molar-refractivity contribution in [3.63, 3.8) is 0 Å². The van der Waals surface area contributed by atoms with Gasteiger partial charge in [0, 0.05) is 47.0 Å². The van der Waals surface area contributed by atoms with Gasteiger partial charge < -0.3 is 15.0 Å². The Balaban J connectivity index is 1.55. The molecule has 0 bridgehead atoms. The highest BCUT2D eigenvalue weighted by Gasteiger charge is 2.27. The number of nitrogens with one attached hydrogen (secondary N) is 2. The summed E-state index contributed by atoms with van der Waals surface area (Å²) in [4.78, 5) is 19.7. The van der Waals surface area contributed by atoms with Gasteiger partial charge in [0.15, 0.2) is 0 Å². The molecule has 1 aliphatic rings. The Labute approximate surface area is 133 Å². The number of benzene rings is 1. The minimum atomic E-state index is -0.0514. The van der Waals surface area contributed by atoms with Crippen molar-refractivity contribution in [1.82, 2.24) is 15.3 Å². The predicted molar refractivity (Wildman–Crippen MR) is 87.7 cm³/mol. The third kappa shape index (κ3) is 2.44. The Hall–Kier alpha value is -2.82. The first-order chi connectivity index (χ1) is 11.2. The number of rotatable bonds is 3. The highest BCUT2D eigenvalue weighted by atomic mass is 16.5. The lowest BCUT2D eigenvalue weighted by Crippen LogP contribution is -2.35. The van der Waals surface area contributed by atoms with Crippen LogP contribution in [0.2, 0.25) is 0 Å². The van der Waals surface area contributed by atoms with Gasteiger partial charge in [0.05, 0.1) is 7.11 Å². The molecule has 0 aliphatic heterocycles. The Morgan fingerprint density at radius 1 is 1.26 bits per heavy atom. The van der Waals surface area contributed by atoms with Crippen molar-refractivity contribution < 1.29 is 9.53 Å². The maximum absolute atomic E-state index is 12.3. The first-order valence-corrected chi connectivity index (χ1v) is 7.63. The highest BCUT2D eigenvalue weighted by Crippen LogP contribution is 2.32. The number of aromatic nitrogens is 2. The minimum absolute atomic E-state index is 0.0514. The maximum atomic E-state index is 12.3. The summed E-state index contributed by atoms with van der Waals surface area (Å²) in [6.07, 6.45) is 4.92. The smallest absolute Gasteiger partial charge is 0.251 e. The Morgan fingerprint density at radius 2 is 2.09 bits per heavy atom. The van der Waals surface area contributed by atoms with Gasteiger partial charge in [-0.3, -0.25) is 9.78 Å². The molecule has 5 heteroatoms. The van der Waals surface area contributed by atoms with E-state index in [0.717, 1.165) is 24.1 Å². The summed E-state index contributed by atoms with van der Waals surface area (Å²) >= 11 is 0. The van der Waals surface area contributed by atoms with E-state index in [1.54, 1.807) is 31.6 Å². The van der Waals surface area contributed by atoms with Gasteiger partial charge in [-0.05, 0) is 42.3 Å². The molecule has 1 aliphatic carbocycles. The number of carbonyl (C=O) groups is 1. The van der Waals surface area contributed by atoms with Gasteiger partial charge in [-0.25, -0.2) is 0 Å². The number of pyridine rings is 1. The van der Waals surface area contributed by atoms with Gasteiger partial charge in [-0.15, -0.1) is 0 Å². The van der Waals surface area contributed by atoms with Crippen molar-refractivity contribution in [2.24, 2.45) is 0 Å². The number of ether oxygens (including phenoxy) is 1. The van der Waals surface area contributed by atoms with E-state index in [4.69, 9.17) is 4.74 Å². The Kier molecular flexibility index (Phi) is 3.26. The van der Waals surface area contributed by atoms with Crippen LogP contribution >= 0.6 is 0 Å². The van der Waals surface area contributed by atoms with E-state index in [1.807, 2.05) is 12.1 Å². The zero-order valence-electron chi connectivity index (χ0n) is 12.8. The molecule has 23 heavy (non-hydrogen) atoms. The van der Waals surface area contributed by atoms with Crippen LogP contribution in [-0.4, -0.2) is 29.0 Å². The van der Waals surface area contributed by atoms with Gasteiger partial charge in [-0.1, -0.05) is 0 Å². The summed E-state index contributed by atoms with van der Waals surface area (Å²) < 4.78 is 5.31. The highest BCUT2D eigenvalue weighted by molar-refractivity contribution is 5.94. The van der Waals surface area contributed by atoms with Crippen molar-refractivity contribution >= 4 is 16.8 Å². The van der Waals surface area contributed by atoms with E-state index in [0.29, 0.717) is 5.56 Å². The molecule has 2 heterocycles. The van der Waals surface area contributed by atoms with Gasteiger partial charge in [0.1, 0.15) is 5.75 Å². The van der Waals surface area contributed by atoms with Crippen LogP contribution < -0.4 is 10.1 Å². The topological polar surface area (TPSA) is 67.0 Å². The lowest BCUT2D eigenvalue weighted by molar-refractivity contribution is 0.0938. The Bertz CT molecular complexity index is 871. The lowest BCUT2D eigenvalue weighted by Gasteiger charge is -2.12. The van der Waals surface area contributed by atoms with Crippen LogP contribution in [0.5, 0.6) is 5.75 Å². The number of hydrogen-bond acceptors (Lipinski definition) is 3. The summed E-state index contributed by atoms with van der Waals surface area (Å²) in [7, 11) is 1.67. The van der Waals surface area contributed by atoms with E-state index in [1.165, 1.54) is 16.6 Å². The quantitative estimate of drug-likeness (QED) is 0.781. The molecule has 1 amide bonds. The average Bonchev–Trinajstić information content (AvgIpc) is 3.12. The molecule has 5 nitrogen and oxygen atoms in total. The summed E-state index contributed by atoms with van der Waals surface area (Å²) in [5, 5.41) is 4.28. The zero-order valence-corrected chi connectivity index (χ0v) is 12.8. The van der Waals surface area contributed by atoms with Crippen LogP contribution in [0.4, 0.5) is 0 Å². The van der Waals surface area contributed by atoms with Gasteiger partial charge in [0.2, 0.25) is 0 Å². The Morgan fingerprint density at radius 3 is 2.87 bits per heavy atom. The van der Waals surface area contributed by atoms with Gasteiger partial charge in [-0.2, -0.15) is 0 Å². The second kappa shape index (κ2) is 5.43. The van der Waals surface area contributed by atoms with E-state index in [-0.39, 0.29) is 11.9 Å². The van der Waals surface area contributed by atoms with Crippen molar-refractivity contribution in [3.8, 4) is 5.75 Å². The molecular weight excluding hydrogens is 290 g/mol. The molecular formula is C18H17N3O2. The van der Waals surface area contributed by atoms with Crippen molar-refractivity contribution in [2.45, 2.75) is 18.9 Å². The largest absolute Gasteiger partial charge is 0.497 e. The number of methoxy groups -OCH3 is 1. The summed E-state index contributed by atoms with van der Waals surface area (Å²) in [6.45, 7) is 0. The molecule has 0 radical (unpaired) electrons. The van der Waals surface area contributed by atoms with Crippen LogP contribution in [-0.2, 0) is 12.8 Å². The van der Waals surface area contributed by atoms with Crippen LogP contribution in [0.1, 0.15) is 21.6 Å². The lowest BCUT2D eigenvalue weighted by atomic mass is 10.1. The monoisotopic (exact) mass is 307 g/mol. The van der Waals surface area contributed by atoms with Crippen molar-refractivity contribution in [3.05, 3.63) is 59.5 Å². The van der Waals surface area contributed by atoms with Crippen LogP contribution in [0.15, 0.2) is 42.7 Å². The van der Waals surface area contributed by atoms with E-state index in [2.05, 4.69) is 21.4 Å². The fourth-order valence-corrected chi connectivity index (χ4v) is 3.26. The molecule has 2 aromatic heterocycles. The molecule has 0 fully saturated rings. The second-order valence-corrected chi connectivity index (χ2v) is 5.81. The van der Waals surface area contributed by atoms with E-state index < -0.39 is 0 Å². The van der Waals surface area contributed by atoms with Crippen LogP contribution in [0.3, 0.4) is 0 Å². The van der Waals surface area contributed by atoms with E-state index in [9.17, 15) is 4.79 Å². The van der Waals surface area contributed by atoms with Crippen LogP contribution in [0.25, 0.3) is 10.9 Å². The molecule has 1 aromatic carbocycles. The number of fused-ring (bicyclic) bond motifs is 3. The number of amides is 1. The molecule has 2 N–H and O–H groups in total. The first kappa shape index (κ1) is 13.8. The zero-order chi connectivity index (χ0) is 15.8. The minimum Gasteiger partial charge on any atom is -0.497 e. The molecule has 1 atom stereocenters. The van der Waals surface area contributed by atoms with Crippen LogP contribution in [0, 0.1) is 0 Å². The third-order valence-corrected chi connectivity index (χ3v) is 4.38. The molecule has 4 rings (SSSR count). The number of aromatic amines is 1. The second-order valence-electron chi connectivity index (χ2n) is 5.81. The van der Waals surface area contributed by atoms with E-state index >= 15 is 0 Å². The van der Waals surface area contributed by atoms with Gasteiger partial charge >= 0.3 is 0 Å². The first-order valence-electron chi connectivity index (χ1n) is 7.63. The predicted octanol–water partition coefficient (Wildman–Crippen LogP) is 2.47. The summed E-state index contributed by atoms with van der Waals surface area (Å²) in [5.41, 5.74) is 4.24. The molecule has 0 saturated heterocycles. The van der Waals surface area contributed by atoms with Crippen molar-refractivity contribution in [2.75, 3.05) is 7.11 Å². The SMILES string of the molecule is COc1ccc2[nH]c3c(c2c1)CC(NC(=O)c1ccncc1)C3. The molecule has 0 saturated carbocycles. The molecule has 3 aromatic rings. The van der Waals surface area contributed by atoms with Gasteiger partial charge in [0.25, 0.3) is 5.91 Å².